The van der Waals surface area contributed by atoms with Crippen LogP contribution in [0.15, 0.2) is 33.7 Å². The fourth-order valence-electron chi connectivity index (χ4n) is 4.44. The Morgan fingerprint density at radius 3 is 2.73 bits per heavy atom. The number of piperazine rings is 1. The van der Waals surface area contributed by atoms with Gasteiger partial charge >= 0.3 is 0 Å². The third kappa shape index (κ3) is 3.73. The topological polar surface area (TPSA) is 87.6 Å². The number of benzene rings is 1. The first-order valence-electron chi connectivity index (χ1n) is 10.8. The van der Waals surface area contributed by atoms with Crippen LogP contribution in [0.4, 0.5) is 5.69 Å². The number of aliphatic hydroxyl groups excluding tert-OH is 1. The van der Waals surface area contributed by atoms with E-state index in [0.29, 0.717) is 10.9 Å². The summed E-state index contributed by atoms with van der Waals surface area (Å²) in [6, 6.07) is 5.82. The van der Waals surface area contributed by atoms with Gasteiger partial charge in [-0.2, -0.15) is 0 Å². The van der Waals surface area contributed by atoms with Crippen LogP contribution in [0.3, 0.4) is 0 Å². The number of oxazole rings is 1. The first-order valence-corrected chi connectivity index (χ1v) is 10.8. The van der Waals surface area contributed by atoms with E-state index in [1.165, 1.54) is 23.7 Å². The molecule has 1 fully saturated rings. The normalized spacial score (nSPS) is 17.4. The third-order valence-electron chi connectivity index (χ3n) is 6.14. The van der Waals surface area contributed by atoms with Crippen molar-refractivity contribution in [1.29, 1.82) is 0 Å². The van der Waals surface area contributed by atoms with Crippen molar-refractivity contribution in [3.05, 3.63) is 52.2 Å². The molecule has 3 heterocycles. The van der Waals surface area contributed by atoms with Gasteiger partial charge in [-0.15, -0.1) is 0 Å². The summed E-state index contributed by atoms with van der Waals surface area (Å²) in [5.41, 5.74) is 2.83. The number of rotatable bonds is 5. The molecule has 1 aliphatic heterocycles. The fourth-order valence-corrected chi connectivity index (χ4v) is 4.44. The van der Waals surface area contributed by atoms with E-state index >= 15 is 0 Å². The second kappa shape index (κ2) is 8.20. The van der Waals surface area contributed by atoms with Gasteiger partial charge in [0, 0.05) is 38.3 Å². The highest BCUT2D eigenvalue weighted by Crippen LogP contribution is 2.24. The summed E-state index contributed by atoms with van der Waals surface area (Å²) in [5, 5.41) is 9.66. The second-order valence-corrected chi connectivity index (χ2v) is 8.12. The number of hydrogen-bond donors (Lipinski definition) is 1. The zero-order valence-electron chi connectivity index (χ0n) is 17.1. The number of aliphatic hydroxyl groups is 1. The lowest BCUT2D eigenvalue weighted by Gasteiger charge is -2.35. The van der Waals surface area contributed by atoms with E-state index in [9.17, 15) is 4.79 Å². The molecular formula is C22H27N5O3. The van der Waals surface area contributed by atoms with E-state index in [1.54, 1.807) is 0 Å². The zero-order valence-corrected chi connectivity index (χ0v) is 17.1. The molecular weight excluding hydrogens is 382 g/mol. The van der Waals surface area contributed by atoms with E-state index in [4.69, 9.17) is 14.5 Å². The molecule has 0 radical (unpaired) electrons. The molecule has 1 saturated heterocycles. The molecule has 8 heteroatoms. The van der Waals surface area contributed by atoms with Crippen molar-refractivity contribution in [3.8, 4) is 0 Å². The first kappa shape index (κ1) is 19.3. The minimum Gasteiger partial charge on any atom is -0.444 e. The smallest absolute Gasteiger partial charge is 0.261 e. The standard InChI is InChI=1S/C22H27N5O3/c28-12-11-27-15-23-19-13-16(5-6-17(19)22(27)29)26-9-7-25(8-10-26)14-21-24-18-3-1-2-4-20(18)30-21/h5-6,13,15,28H,1-4,7-12,14H2. The summed E-state index contributed by atoms with van der Waals surface area (Å²) in [4.78, 5) is 26.3. The maximum atomic E-state index is 12.5. The van der Waals surface area contributed by atoms with Gasteiger partial charge in [-0.25, -0.2) is 9.97 Å². The van der Waals surface area contributed by atoms with Gasteiger partial charge in [0.1, 0.15) is 5.76 Å². The third-order valence-corrected chi connectivity index (χ3v) is 6.14. The van der Waals surface area contributed by atoms with Crippen molar-refractivity contribution >= 4 is 16.6 Å². The van der Waals surface area contributed by atoms with Crippen LogP contribution in [-0.4, -0.2) is 57.3 Å². The second-order valence-electron chi connectivity index (χ2n) is 8.12. The van der Waals surface area contributed by atoms with Crippen molar-refractivity contribution in [1.82, 2.24) is 19.4 Å². The number of hydrogen-bond acceptors (Lipinski definition) is 7. The Balaban J connectivity index is 1.25. The van der Waals surface area contributed by atoms with Crippen LogP contribution in [0.25, 0.3) is 10.9 Å². The van der Waals surface area contributed by atoms with Crippen molar-refractivity contribution < 1.29 is 9.52 Å². The average Bonchev–Trinajstić information content (AvgIpc) is 3.18. The van der Waals surface area contributed by atoms with Crippen molar-refractivity contribution in [2.45, 2.75) is 38.8 Å². The summed E-state index contributed by atoms with van der Waals surface area (Å²) < 4.78 is 7.43. The number of aryl methyl sites for hydroxylation is 2. The van der Waals surface area contributed by atoms with Gasteiger partial charge in [0.15, 0.2) is 0 Å². The molecule has 1 N–H and O–H groups in total. The molecule has 158 valence electrons. The minimum atomic E-state index is -0.112. The van der Waals surface area contributed by atoms with E-state index < -0.39 is 0 Å². The molecule has 0 unspecified atom stereocenters. The van der Waals surface area contributed by atoms with Crippen LogP contribution >= 0.6 is 0 Å². The van der Waals surface area contributed by atoms with E-state index in [2.05, 4.69) is 14.8 Å². The Morgan fingerprint density at radius 2 is 1.93 bits per heavy atom. The molecule has 8 nitrogen and oxygen atoms in total. The lowest BCUT2D eigenvalue weighted by atomic mass is 10.0. The van der Waals surface area contributed by atoms with Gasteiger partial charge in [-0.05, 0) is 37.5 Å². The van der Waals surface area contributed by atoms with E-state index in [0.717, 1.165) is 68.6 Å². The molecule has 1 aromatic carbocycles. The van der Waals surface area contributed by atoms with Crippen LogP contribution < -0.4 is 10.5 Å². The molecule has 1 aliphatic carbocycles. The van der Waals surface area contributed by atoms with Crippen molar-refractivity contribution in [3.63, 3.8) is 0 Å². The van der Waals surface area contributed by atoms with Crippen molar-refractivity contribution in [2.75, 3.05) is 37.7 Å². The number of aromatic nitrogens is 3. The molecule has 0 amide bonds. The number of anilines is 1. The Kier molecular flexibility index (Phi) is 5.26. The van der Waals surface area contributed by atoms with Gasteiger partial charge in [0.2, 0.25) is 5.89 Å². The van der Waals surface area contributed by atoms with Crippen LogP contribution in [-0.2, 0) is 25.9 Å². The highest BCUT2D eigenvalue weighted by atomic mass is 16.4. The Labute approximate surface area is 174 Å². The Bertz CT molecular complexity index is 1070. The predicted molar refractivity (Wildman–Crippen MR) is 114 cm³/mol. The fraction of sp³-hybridized carbons (Fsp3) is 0.500. The molecule has 30 heavy (non-hydrogen) atoms. The van der Waals surface area contributed by atoms with Crippen LogP contribution in [0.5, 0.6) is 0 Å². The van der Waals surface area contributed by atoms with Gasteiger partial charge in [-0.1, -0.05) is 0 Å². The van der Waals surface area contributed by atoms with E-state index in [-0.39, 0.29) is 18.7 Å². The zero-order chi connectivity index (χ0) is 20.5. The first-order chi connectivity index (χ1) is 14.7. The molecule has 5 rings (SSSR count). The summed E-state index contributed by atoms with van der Waals surface area (Å²) in [5.74, 6) is 1.95. The Hall–Kier alpha value is -2.71. The minimum absolute atomic E-state index is 0.0778. The van der Waals surface area contributed by atoms with Crippen LogP contribution in [0.1, 0.15) is 30.2 Å². The lowest BCUT2D eigenvalue weighted by Crippen LogP contribution is -2.46. The molecule has 2 aromatic heterocycles. The number of nitrogens with zero attached hydrogens (tertiary/aromatic N) is 5. The quantitative estimate of drug-likeness (QED) is 0.684. The SMILES string of the molecule is O=c1c2ccc(N3CCN(Cc4nc5c(o4)CCCC5)CC3)cc2ncn1CCO. The van der Waals surface area contributed by atoms with Gasteiger partial charge < -0.3 is 14.4 Å². The highest BCUT2D eigenvalue weighted by Gasteiger charge is 2.22. The average molecular weight is 409 g/mol. The Morgan fingerprint density at radius 1 is 1.10 bits per heavy atom. The van der Waals surface area contributed by atoms with Crippen LogP contribution in [0, 0.1) is 0 Å². The van der Waals surface area contributed by atoms with Gasteiger partial charge in [0.25, 0.3) is 5.56 Å². The van der Waals surface area contributed by atoms with Gasteiger partial charge in [0.05, 0.1) is 42.6 Å². The monoisotopic (exact) mass is 409 g/mol. The molecule has 2 aliphatic rings. The molecule has 3 aromatic rings. The molecule has 0 atom stereocenters. The van der Waals surface area contributed by atoms with Crippen LogP contribution in [0.2, 0.25) is 0 Å². The number of fused-ring (bicyclic) bond motifs is 2. The lowest BCUT2D eigenvalue weighted by molar-refractivity contribution is 0.224. The van der Waals surface area contributed by atoms with Gasteiger partial charge in [-0.3, -0.25) is 14.3 Å². The van der Waals surface area contributed by atoms with Crippen molar-refractivity contribution in [2.24, 2.45) is 0 Å². The largest absolute Gasteiger partial charge is 0.444 e. The maximum Gasteiger partial charge on any atom is 0.261 e. The summed E-state index contributed by atoms with van der Waals surface area (Å²) >= 11 is 0. The maximum absolute atomic E-state index is 12.5. The predicted octanol–water partition coefficient (Wildman–Crippen LogP) is 1.58. The molecule has 0 saturated carbocycles. The van der Waals surface area contributed by atoms with E-state index in [1.807, 2.05) is 18.2 Å². The highest BCUT2D eigenvalue weighted by molar-refractivity contribution is 5.81. The summed E-state index contributed by atoms with van der Waals surface area (Å²) in [6.45, 7) is 4.66. The summed E-state index contributed by atoms with van der Waals surface area (Å²) in [6.07, 6.45) is 6.01. The molecule has 0 bridgehead atoms. The molecule has 0 spiro atoms. The summed E-state index contributed by atoms with van der Waals surface area (Å²) in [7, 11) is 0.